The Kier molecular flexibility index (Phi) is 2.86. The van der Waals surface area contributed by atoms with Gasteiger partial charge in [-0.3, -0.25) is 4.90 Å². The van der Waals surface area contributed by atoms with E-state index in [-0.39, 0.29) is 1.43 Å². The second kappa shape index (κ2) is 3.95. The summed E-state index contributed by atoms with van der Waals surface area (Å²) in [6, 6.07) is 1.24. The second-order valence-corrected chi connectivity index (χ2v) is 4.35. The number of morpholine rings is 1. The number of hydrogen-bond donors (Lipinski definition) is 1. The summed E-state index contributed by atoms with van der Waals surface area (Å²) in [4.78, 5) is 2.53. The van der Waals surface area contributed by atoms with Gasteiger partial charge in [0, 0.05) is 33.1 Å². The number of ether oxygens (including phenoxy) is 1. The normalized spacial score (nSPS) is 36.2. The van der Waals surface area contributed by atoms with Crippen LogP contribution >= 0.6 is 0 Å². The lowest BCUT2D eigenvalue weighted by molar-refractivity contribution is -0.0480. The van der Waals surface area contributed by atoms with Gasteiger partial charge in [0.15, 0.2) is 0 Å². The molecule has 0 unspecified atom stereocenters. The lowest BCUT2D eigenvalue weighted by atomic mass is 9.99. The topological polar surface area (TPSA) is 24.5 Å². The van der Waals surface area contributed by atoms with E-state index in [1.165, 1.54) is 13.0 Å². The van der Waals surface area contributed by atoms with Crippen LogP contribution in [0.4, 0.5) is 0 Å². The molecule has 0 spiro atoms. The molecule has 13 heavy (non-hydrogen) atoms. The summed E-state index contributed by atoms with van der Waals surface area (Å²) in [5.74, 6) is 0. The summed E-state index contributed by atoms with van der Waals surface area (Å²) in [5.41, 5.74) is 0. The SMILES string of the molecule is CC(C)N1CC[C@H]2OCCN[C@H]2C1.[HH]. The van der Waals surface area contributed by atoms with Crippen LogP contribution < -0.4 is 5.32 Å². The van der Waals surface area contributed by atoms with Crippen LogP contribution in [0.2, 0.25) is 0 Å². The summed E-state index contributed by atoms with van der Waals surface area (Å²) in [6.45, 7) is 8.80. The maximum atomic E-state index is 5.72. The van der Waals surface area contributed by atoms with E-state index in [0.717, 1.165) is 19.7 Å². The molecule has 0 radical (unpaired) electrons. The van der Waals surface area contributed by atoms with Crippen molar-refractivity contribution in [1.82, 2.24) is 10.2 Å². The van der Waals surface area contributed by atoms with Crippen LogP contribution in [0.25, 0.3) is 0 Å². The van der Waals surface area contributed by atoms with Crippen LogP contribution in [0.15, 0.2) is 0 Å². The molecule has 2 saturated heterocycles. The first kappa shape index (κ1) is 9.44. The van der Waals surface area contributed by atoms with Gasteiger partial charge in [0.1, 0.15) is 0 Å². The first-order valence-electron chi connectivity index (χ1n) is 5.36. The number of nitrogens with zero attached hydrogens (tertiary/aromatic N) is 1. The highest BCUT2D eigenvalue weighted by atomic mass is 16.5. The van der Waals surface area contributed by atoms with Crippen molar-refractivity contribution in [3.8, 4) is 0 Å². The molecule has 0 bridgehead atoms. The van der Waals surface area contributed by atoms with Crippen LogP contribution in [0, 0.1) is 0 Å². The van der Waals surface area contributed by atoms with Crippen LogP contribution in [0.3, 0.4) is 0 Å². The quantitative estimate of drug-likeness (QED) is 0.652. The van der Waals surface area contributed by atoms with Gasteiger partial charge < -0.3 is 10.1 Å². The number of fused-ring (bicyclic) bond motifs is 1. The van der Waals surface area contributed by atoms with Crippen LogP contribution in [-0.2, 0) is 4.74 Å². The Morgan fingerprint density at radius 2 is 2.38 bits per heavy atom. The highest BCUT2D eigenvalue weighted by Gasteiger charge is 2.32. The minimum Gasteiger partial charge on any atom is -0.375 e. The van der Waals surface area contributed by atoms with Gasteiger partial charge in [-0.05, 0) is 20.3 Å². The highest BCUT2D eigenvalue weighted by Crippen LogP contribution is 2.18. The minimum absolute atomic E-state index is 0. The van der Waals surface area contributed by atoms with Crippen molar-refractivity contribution in [3.63, 3.8) is 0 Å². The van der Waals surface area contributed by atoms with Gasteiger partial charge in [-0.2, -0.15) is 0 Å². The molecule has 78 valence electrons. The number of rotatable bonds is 1. The van der Waals surface area contributed by atoms with Crippen LogP contribution in [0.1, 0.15) is 21.7 Å². The largest absolute Gasteiger partial charge is 0.375 e. The number of nitrogens with one attached hydrogen (secondary N) is 1. The Balaban J connectivity index is 0.000000980. The molecule has 2 heterocycles. The van der Waals surface area contributed by atoms with E-state index in [2.05, 4.69) is 24.1 Å². The van der Waals surface area contributed by atoms with Crippen molar-refractivity contribution in [2.75, 3.05) is 26.2 Å². The molecule has 0 saturated carbocycles. The zero-order valence-corrected chi connectivity index (χ0v) is 8.62. The lowest BCUT2D eigenvalue weighted by Crippen LogP contribution is -2.59. The molecule has 2 fully saturated rings. The smallest absolute Gasteiger partial charge is 0.0753 e. The molecule has 0 aromatic carbocycles. The van der Waals surface area contributed by atoms with Gasteiger partial charge >= 0.3 is 0 Å². The maximum Gasteiger partial charge on any atom is 0.0753 e. The average molecular weight is 186 g/mol. The number of hydrogen-bond acceptors (Lipinski definition) is 3. The van der Waals surface area contributed by atoms with E-state index in [9.17, 15) is 0 Å². The van der Waals surface area contributed by atoms with Crippen molar-refractivity contribution < 1.29 is 6.16 Å². The van der Waals surface area contributed by atoms with Crippen molar-refractivity contribution in [2.45, 2.75) is 38.5 Å². The Bertz CT molecular complexity index is 178. The molecule has 0 aliphatic carbocycles. The van der Waals surface area contributed by atoms with Crippen LogP contribution in [-0.4, -0.2) is 49.3 Å². The van der Waals surface area contributed by atoms with E-state index in [1.54, 1.807) is 0 Å². The monoisotopic (exact) mass is 186 g/mol. The van der Waals surface area contributed by atoms with Gasteiger partial charge in [0.2, 0.25) is 0 Å². The summed E-state index contributed by atoms with van der Waals surface area (Å²) >= 11 is 0. The predicted octanol–water partition coefficient (Wildman–Crippen LogP) is 0.703. The third-order valence-electron chi connectivity index (χ3n) is 3.15. The zero-order valence-electron chi connectivity index (χ0n) is 8.62. The van der Waals surface area contributed by atoms with E-state index in [4.69, 9.17) is 4.74 Å². The van der Waals surface area contributed by atoms with Gasteiger partial charge in [0.25, 0.3) is 0 Å². The molecule has 2 atom stereocenters. The van der Waals surface area contributed by atoms with E-state index >= 15 is 0 Å². The second-order valence-electron chi connectivity index (χ2n) is 4.35. The Morgan fingerprint density at radius 1 is 1.54 bits per heavy atom. The molecule has 0 aromatic heterocycles. The van der Waals surface area contributed by atoms with Crippen LogP contribution in [0.5, 0.6) is 0 Å². The van der Waals surface area contributed by atoms with Crippen molar-refractivity contribution in [1.29, 1.82) is 0 Å². The highest BCUT2D eigenvalue weighted by molar-refractivity contribution is 4.89. The first-order chi connectivity index (χ1) is 6.27. The summed E-state index contributed by atoms with van der Waals surface area (Å²) in [7, 11) is 0. The third kappa shape index (κ3) is 2.03. The van der Waals surface area contributed by atoms with Crippen molar-refractivity contribution in [2.24, 2.45) is 0 Å². The van der Waals surface area contributed by atoms with Gasteiger partial charge in [-0.1, -0.05) is 0 Å². The fourth-order valence-electron chi connectivity index (χ4n) is 2.27. The van der Waals surface area contributed by atoms with E-state index in [0.29, 0.717) is 18.2 Å². The molecule has 2 aliphatic rings. The molecular weight excluding hydrogens is 164 g/mol. The summed E-state index contributed by atoms with van der Waals surface area (Å²) in [5, 5.41) is 3.54. The third-order valence-corrected chi connectivity index (χ3v) is 3.15. The van der Waals surface area contributed by atoms with E-state index in [1.807, 2.05) is 0 Å². The number of piperidine rings is 1. The minimum atomic E-state index is 0. The zero-order chi connectivity index (χ0) is 9.26. The van der Waals surface area contributed by atoms with Crippen molar-refractivity contribution >= 4 is 0 Å². The predicted molar refractivity (Wildman–Crippen MR) is 55.0 cm³/mol. The van der Waals surface area contributed by atoms with Gasteiger partial charge in [-0.15, -0.1) is 0 Å². The molecule has 2 rings (SSSR count). The Hall–Kier alpha value is -0.120. The Morgan fingerprint density at radius 3 is 3.15 bits per heavy atom. The van der Waals surface area contributed by atoms with Crippen molar-refractivity contribution in [3.05, 3.63) is 0 Å². The standard InChI is InChI=1S/C10H20N2O.H2/c1-8(2)12-5-3-10-9(7-12)11-4-6-13-10;/h8-11H,3-7H2,1-2H3;1H/t9-,10+;/m0./s1. The van der Waals surface area contributed by atoms with Gasteiger partial charge in [0.05, 0.1) is 12.7 Å². The molecule has 3 nitrogen and oxygen atoms in total. The maximum absolute atomic E-state index is 5.72. The fourth-order valence-corrected chi connectivity index (χ4v) is 2.27. The molecule has 0 amide bonds. The molecule has 0 aromatic rings. The molecule has 2 aliphatic heterocycles. The summed E-state index contributed by atoms with van der Waals surface area (Å²) < 4.78 is 5.72. The molecular formula is C10H22N2O. The average Bonchev–Trinajstić information content (AvgIpc) is 2.17. The number of likely N-dealkylation sites (tertiary alicyclic amines) is 1. The molecule has 1 N–H and O–H groups in total. The van der Waals surface area contributed by atoms with E-state index < -0.39 is 0 Å². The Labute approximate surface area is 81.9 Å². The first-order valence-corrected chi connectivity index (χ1v) is 5.36. The fraction of sp³-hybridized carbons (Fsp3) is 1.00. The summed E-state index contributed by atoms with van der Waals surface area (Å²) in [6.07, 6.45) is 1.67. The lowest BCUT2D eigenvalue weighted by Gasteiger charge is -2.43. The van der Waals surface area contributed by atoms with Gasteiger partial charge in [-0.25, -0.2) is 0 Å². The molecule has 3 heteroatoms.